The van der Waals surface area contributed by atoms with Crippen molar-refractivity contribution >= 4 is 0 Å². The van der Waals surface area contributed by atoms with E-state index in [9.17, 15) is 15.3 Å². The first-order valence-corrected chi connectivity index (χ1v) is 6.99. The largest absolute Gasteiger partial charge is 0.507 e. The van der Waals surface area contributed by atoms with Gasteiger partial charge in [-0.1, -0.05) is 54.6 Å². The van der Waals surface area contributed by atoms with Gasteiger partial charge in [-0.25, -0.2) is 0 Å². The molecule has 110 valence electrons. The van der Waals surface area contributed by atoms with Crippen LogP contribution in [0.3, 0.4) is 0 Å². The van der Waals surface area contributed by atoms with Crippen LogP contribution in [-0.2, 0) is 0 Å². The Bertz CT molecular complexity index is 767. The quantitative estimate of drug-likeness (QED) is 0.612. The van der Waals surface area contributed by atoms with E-state index in [4.69, 9.17) is 0 Å². The van der Waals surface area contributed by atoms with Crippen molar-refractivity contribution in [1.29, 1.82) is 0 Å². The summed E-state index contributed by atoms with van der Waals surface area (Å²) >= 11 is 0. The van der Waals surface area contributed by atoms with Crippen LogP contribution in [0.1, 0.15) is 5.56 Å². The maximum absolute atomic E-state index is 10.3. The molecule has 0 atom stereocenters. The monoisotopic (exact) mass is 292 g/mol. The lowest BCUT2D eigenvalue weighted by atomic mass is 9.92. The number of hydrogen-bond acceptors (Lipinski definition) is 3. The maximum Gasteiger partial charge on any atom is 0.165 e. The van der Waals surface area contributed by atoms with E-state index in [0.717, 1.165) is 16.7 Å². The van der Waals surface area contributed by atoms with Crippen molar-refractivity contribution in [3.8, 4) is 39.5 Å². The fourth-order valence-electron chi connectivity index (χ4n) is 2.58. The molecule has 0 spiro atoms. The zero-order valence-corrected chi connectivity index (χ0v) is 12.1. The van der Waals surface area contributed by atoms with E-state index in [2.05, 4.69) is 0 Å². The lowest BCUT2D eigenvalue weighted by molar-refractivity contribution is 0.405. The summed E-state index contributed by atoms with van der Waals surface area (Å²) in [5, 5.41) is 30.2. The second-order valence-corrected chi connectivity index (χ2v) is 5.19. The Kier molecular flexibility index (Phi) is 3.47. The zero-order chi connectivity index (χ0) is 15.7. The van der Waals surface area contributed by atoms with Gasteiger partial charge in [-0.15, -0.1) is 0 Å². The van der Waals surface area contributed by atoms with Gasteiger partial charge in [0, 0.05) is 11.1 Å². The molecule has 0 heterocycles. The van der Waals surface area contributed by atoms with Crippen LogP contribution in [0.25, 0.3) is 22.3 Å². The Morgan fingerprint density at radius 1 is 0.545 bits per heavy atom. The molecule has 0 unspecified atom stereocenters. The van der Waals surface area contributed by atoms with Crippen LogP contribution in [-0.4, -0.2) is 15.3 Å². The smallest absolute Gasteiger partial charge is 0.165 e. The van der Waals surface area contributed by atoms with E-state index in [1.54, 1.807) is 12.1 Å². The minimum Gasteiger partial charge on any atom is -0.507 e. The molecule has 0 saturated carbocycles. The first kappa shape index (κ1) is 14.0. The molecule has 0 saturated heterocycles. The summed E-state index contributed by atoms with van der Waals surface area (Å²) in [5.41, 5.74) is 3.55. The average Bonchev–Trinajstić information content (AvgIpc) is 2.53. The van der Waals surface area contributed by atoms with Crippen molar-refractivity contribution < 1.29 is 15.3 Å². The van der Waals surface area contributed by atoms with Crippen LogP contribution in [0.5, 0.6) is 17.2 Å². The standard InChI is InChI=1S/C19H16O3/c1-12-6-4-9-15(18(12)21)13-7-2-3-8-14(13)16-10-5-11-17(20)19(16)22/h2-11,20-22H,1H3. The fourth-order valence-corrected chi connectivity index (χ4v) is 2.58. The number of phenols is 3. The van der Waals surface area contributed by atoms with Crippen molar-refractivity contribution in [3.63, 3.8) is 0 Å². The SMILES string of the molecule is Cc1cccc(-c2ccccc2-c2cccc(O)c2O)c1O. The van der Waals surface area contributed by atoms with Crippen molar-refractivity contribution in [1.82, 2.24) is 0 Å². The Balaban J connectivity index is 2.28. The molecule has 3 nitrogen and oxygen atoms in total. The van der Waals surface area contributed by atoms with Crippen LogP contribution in [0.15, 0.2) is 60.7 Å². The van der Waals surface area contributed by atoms with E-state index < -0.39 is 0 Å². The number of aromatic hydroxyl groups is 3. The van der Waals surface area contributed by atoms with Gasteiger partial charge in [0.15, 0.2) is 11.5 Å². The molecular formula is C19H16O3. The van der Waals surface area contributed by atoms with E-state index in [-0.39, 0.29) is 17.2 Å². The number of phenolic OH excluding ortho intramolecular Hbond substituents is 3. The van der Waals surface area contributed by atoms with Gasteiger partial charge in [-0.3, -0.25) is 0 Å². The molecular weight excluding hydrogens is 276 g/mol. The Morgan fingerprint density at radius 2 is 1.05 bits per heavy atom. The number of hydrogen-bond donors (Lipinski definition) is 3. The van der Waals surface area contributed by atoms with Gasteiger partial charge in [0.05, 0.1) is 0 Å². The molecule has 0 aliphatic heterocycles. The highest BCUT2D eigenvalue weighted by atomic mass is 16.3. The fraction of sp³-hybridized carbons (Fsp3) is 0.0526. The summed E-state index contributed by atoms with van der Waals surface area (Å²) in [6.07, 6.45) is 0. The van der Waals surface area contributed by atoms with Crippen LogP contribution in [0, 0.1) is 6.92 Å². The molecule has 3 N–H and O–H groups in total. The van der Waals surface area contributed by atoms with Crippen molar-refractivity contribution in [2.75, 3.05) is 0 Å². The number of para-hydroxylation sites is 2. The third-order valence-electron chi connectivity index (χ3n) is 3.76. The number of rotatable bonds is 2. The predicted octanol–water partition coefficient (Wildman–Crippen LogP) is 4.45. The molecule has 3 heteroatoms. The molecule has 0 fully saturated rings. The number of benzene rings is 3. The first-order chi connectivity index (χ1) is 10.6. The summed E-state index contributed by atoms with van der Waals surface area (Å²) in [4.78, 5) is 0. The Morgan fingerprint density at radius 3 is 1.68 bits per heavy atom. The van der Waals surface area contributed by atoms with Crippen LogP contribution < -0.4 is 0 Å². The number of aryl methyl sites for hydroxylation is 1. The minimum absolute atomic E-state index is 0.165. The summed E-state index contributed by atoms with van der Waals surface area (Å²) in [7, 11) is 0. The highest BCUT2D eigenvalue weighted by Gasteiger charge is 2.15. The third kappa shape index (κ3) is 2.27. The summed E-state index contributed by atoms with van der Waals surface area (Å²) in [6.45, 7) is 1.84. The third-order valence-corrected chi connectivity index (χ3v) is 3.76. The van der Waals surface area contributed by atoms with Gasteiger partial charge in [-0.2, -0.15) is 0 Å². The topological polar surface area (TPSA) is 60.7 Å². The molecule has 0 aromatic heterocycles. The summed E-state index contributed by atoms with van der Waals surface area (Å²) in [6, 6.07) is 17.9. The molecule has 0 amide bonds. The van der Waals surface area contributed by atoms with Crippen LogP contribution in [0.4, 0.5) is 0 Å². The molecule has 3 rings (SSSR count). The molecule has 0 radical (unpaired) electrons. The molecule has 3 aromatic rings. The van der Waals surface area contributed by atoms with Gasteiger partial charge in [0.2, 0.25) is 0 Å². The molecule has 0 bridgehead atoms. The minimum atomic E-state index is -0.166. The van der Waals surface area contributed by atoms with Gasteiger partial charge < -0.3 is 15.3 Å². The lowest BCUT2D eigenvalue weighted by Crippen LogP contribution is -1.88. The molecule has 3 aromatic carbocycles. The highest BCUT2D eigenvalue weighted by molar-refractivity contribution is 5.89. The lowest BCUT2D eigenvalue weighted by Gasteiger charge is -2.14. The average molecular weight is 292 g/mol. The molecule has 0 aliphatic rings. The van der Waals surface area contributed by atoms with E-state index in [1.165, 1.54) is 6.07 Å². The van der Waals surface area contributed by atoms with Crippen LogP contribution in [0.2, 0.25) is 0 Å². The second kappa shape index (κ2) is 5.45. The predicted molar refractivity (Wildman–Crippen MR) is 87.0 cm³/mol. The van der Waals surface area contributed by atoms with Gasteiger partial charge in [0.1, 0.15) is 5.75 Å². The van der Waals surface area contributed by atoms with E-state index >= 15 is 0 Å². The maximum atomic E-state index is 10.3. The second-order valence-electron chi connectivity index (χ2n) is 5.19. The van der Waals surface area contributed by atoms with Gasteiger partial charge in [0.25, 0.3) is 0 Å². The normalized spacial score (nSPS) is 10.6. The van der Waals surface area contributed by atoms with Gasteiger partial charge >= 0.3 is 0 Å². The highest BCUT2D eigenvalue weighted by Crippen LogP contribution is 2.43. The summed E-state index contributed by atoms with van der Waals surface area (Å²) in [5.74, 6) is -0.113. The van der Waals surface area contributed by atoms with E-state index in [0.29, 0.717) is 11.1 Å². The summed E-state index contributed by atoms with van der Waals surface area (Å²) < 4.78 is 0. The Labute approximate surface area is 128 Å². The van der Waals surface area contributed by atoms with Crippen LogP contribution >= 0.6 is 0 Å². The molecule has 22 heavy (non-hydrogen) atoms. The van der Waals surface area contributed by atoms with Gasteiger partial charge in [-0.05, 0) is 29.7 Å². The Hall–Kier alpha value is -2.94. The van der Waals surface area contributed by atoms with E-state index in [1.807, 2.05) is 49.4 Å². The van der Waals surface area contributed by atoms with Crippen molar-refractivity contribution in [2.24, 2.45) is 0 Å². The van der Waals surface area contributed by atoms with Crippen molar-refractivity contribution in [2.45, 2.75) is 6.92 Å². The first-order valence-electron chi connectivity index (χ1n) is 6.99. The van der Waals surface area contributed by atoms with Crippen molar-refractivity contribution in [3.05, 3.63) is 66.2 Å². The zero-order valence-electron chi connectivity index (χ0n) is 12.1. The molecule has 0 aliphatic carbocycles.